The zero-order chi connectivity index (χ0) is 15.1. The molecule has 0 aliphatic carbocycles. The van der Waals surface area contributed by atoms with E-state index < -0.39 is 0 Å². The summed E-state index contributed by atoms with van der Waals surface area (Å²) in [6, 6.07) is 13.8. The molecular weight excluding hydrogens is 276 g/mol. The summed E-state index contributed by atoms with van der Waals surface area (Å²) < 4.78 is 11.8. The van der Waals surface area contributed by atoms with Gasteiger partial charge < -0.3 is 9.15 Å². The first-order valence-electron chi connectivity index (χ1n) is 7.09. The lowest BCUT2D eigenvalue weighted by Crippen LogP contribution is -1.91. The van der Waals surface area contributed by atoms with Gasteiger partial charge in [0, 0.05) is 5.39 Å². The zero-order valence-electron chi connectivity index (χ0n) is 12.3. The summed E-state index contributed by atoms with van der Waals surface area (Å²) in [7, 11) is 0. The average Bonchev–Trinajstić information content (AvgIpc) is 2.86. The van der Waals surface area contributed by atoms with Crippen LogP contribution in [0.3, 0.4) is 0 Å². The Morgan fingerprint density at radius 2 is 1.73 bits per heavy atom. The van der Waals surface area contributed by atoms with E-state index in [0.717, 1.165) is 33.4 Å². The topological polar surface area (TPSA) is 48.2 Å². The molecule has 108 valence electrons. The largest absolute Gasteiger partial charge is 0.449 e. The van der Waals surface area contributed by atoms with Crippen molar-refractivity contribution in [3.05, 3.63) is 59.9 Å². The normalized spacial score (nSPS) is 11.2. The molecule has 0 radical (unpaired) electrons. The minimum Gasteiger partial charge on any atom is -0.449 e. The number of hydrogen-bond acceptors (Lipinski definition) is 4. The van der Waals surface area contributed by atoms with Gasteiger partial charge in [0.25, 0.3) is 5.88 Å². The van der Waals surface area contributed by atoms with Gasteiger partial charge in [-0.2, -0.15) is 4.98 Å². The van der Waals surface area contributed by atoms with E-state index in [1.54, 1.807) is 0 Å². The van der Waals surface area contributed by atoms with Gasteiger partial charge in [0.2, 0.25) is 5.58 Å². The van der Waals surface area contributed by atoms with Gasteiger partial charge in [-0.15, -0.1) is 0 Å². The minimum absolute atomic E-state index is 0.436. The quantitative estimate of drug-likeness (QED) is 0.533. The fourth-order valence-corrected chi connectivity index (χ4v) is 2.68. The zero-order valence-corrected chi connectivity index (χ0v) is 12.3. The molecule has 4 aromatic rings. The fourth-order valence-electron chi connectivity index (χ4n) is 2.68. The van der Waals surface area contributed by atoms with Crippen LogP contribution < -0.4 is 4.74 Å². The SMILES string of the molecule is Cc1cc(C)cc(Oc2ncnc3c2oc2ccccc23)c1. The van der Waals surface area contributed by atoms with Crippen LogP contribution in [-0.2, 0) is 0 Å². The molecule has 2 aromatic carbocycles. The monoisotopic (exact) mass is 290 g/mol. The molecule has 0 atom stereocenters. The highest BCUT2D eigenvalue weighted by molar-refractivity contribution is 6.03. The third kappa shape index (κ3) is 2.09. The second kappa shape index (κ2) is 4.84. The number of aryl methyl sites for hydroxylation is 2. The molecule has 0 saturated carbocycles. The van der Waals surface area contributed by atoms with Crippen molar-refractivity contribution in [2.75, 3.05) is 0 Å². The number of hydrogen-bond donors (Lipinski definition) is 0. The van der Waals surface area contributed by atoms with Gasteiger partial charge in [-0.3, -0.25) is 0 Å². The van der Waals surface area contributed by atoms with Crippen molar-refractivity contribution in [2.45, 2.75) is 13.8 Å². The summed E-state index contributed by atoms with van der Waals surface area (Å²) in [6.45, 7) is 4.08. The highest BCUT2D eigenvalue weighted by Gasteiger charge is 2.14. The number of nitrogens with zero attached hydrogens (tertiary/aromatic N) is 2. The summed E-state index contributed by atoms with van der Waals surface area (Å²) in [5.41, 5.74) is 4.41. The molecular formula is C18H14N2O2. The first-order chi connectivity index (χ1) is 10.7. The van der Waals surface area contributed by atoms with Crippen molar-refractivity contribution in [3.63, 3.8) is 0 Å². The maximum absolute atomic E-state index is 5.94. The maximum atomic E-state index is 5.94. The van der Waals surface area contributed by atoms with Gasteiger partial charge in [0.15, 0.2) is 0 Å². The van der Waals surface area contributed by atoms with E-state index in [0.29, 0.717) is 11.5 Å². The molecule has 0 aliphatic heterocycles. The number of ether oxygens (including phenoxy) is 1. The van der Waals surface area contributed by atoms with Crippen molar-refractivity contribution in [2.24, 2.45) is 0 Å². The van der Waals surface area contributed by atoms with Crippen molar-refractivity contribution in [1.82, 2.24) is 9.97 Å². The number of rotatable bonds is 2. The molecule has 0 unspecified atom stereocenters. The van der Waals surface area contributed by atoms with Crippen molar-refractivity contribution < 1.29 is 9.15 Å². The van der Waals surface area contributed by atoms with E-state index >= 15 is 0 Å². The molecule has 0 fully saturated rings. The van der Waals surface area contributed by atoms with E-state index in [1.807, 2.05) is 50.2 Å². The predicted molar refractivity (Wildman–Crippen MR) is 85.3 cm³/mol. The van der Waals surface area contributed by atoms with Crippen molar-refractivity contribution in [1.29, 1.82) is 0 Å². The summed E-state index contributed by atoms with van der Waals surface area (Å²) >= 11 is 0. The molecule has 2 heterocycles. The van der Waals surface area contributed by atoms with Gasteiger partial charge in [-0.25, -0.2) is 4.98 Å². The van der Waals surface area contributed by atoms with Gasteiger partial charge in [-0.1, -0.05) is 18.2 Å². The smallest absolute Gasteiger partial charge is 0.267 e. The van der Waals surface area contributed by atoms with Crippen LogP contribution in [0, 0.1) is 13.8 Å². The Bertz CT molecular complexity index is 969. The number of benzene rings is 2. The number of para-hydroxylation sites is 1. The fraction of sp³-hybridized carbons (Fsp3) is 0.111. The van der Waals surface area contributed by atoms with Gasteiger partial charge >= 0.3 is 0 Å². The standard InChI is InChI=1S/C18H14N2O2/c1-11-7-12(2)9-13(8-11)21-18-17-16(19-10-20-18)14-5-3-4-6-15(14)22-17/h3-10H,1-2H3. The van der Waals surface area contributed by atoms with Crippen molar-refractivity contribution >= 4 is 22.1 Å². The van der Waals surface area contributed by atoms with Crippen LogP contribution in [0.5, 0.6) is 11.6 Å². The van der Waals surface area contributed by atoms with Gasteiger partial charge in [0.1, 0.15) is 23.2 Å². The van der Waals surface area contributed by atoms with Crippen LogP contribution in [-0.4, -0.2) is 9.97 Å². The Balaban J connectivity index is 1.88. The third-order valence-corrected chi connectivity index (χ3v) is 3.54. The summed E-state index contributed by atoms with van der Waals surface area (Å²) in [5.74, 6) is 1.18. The third-order valence-electron chi connectivity index (χ3n) is 3.54. The van der Waals surface area contributed by atoms with Crippen LogP contribution in [0.15, 0.2) is 53.2 Å². The summed E-state index contributed by atoms with van der Waals surface area (Å²) in [5, 5.41) is 0.963. The number of furan rings is 1. The lowest BCUT2D eigenvalue weighted by molar-refractivity contribution is 0.455. The van der Waals surface area contributed by atoms with E-state index in [2.05, 4.69) is 16.0 Å². The maximum Gasteiger partial charge on any atom is 0.267 e. The van der Waals surface area contributed by atoms with Crippen LogP contribution in [0.2, 0.25) is 0 Å². The second-order valence-electron chi connectivity index (χ2n) is 5.38. The number of fused-ring (bicyclic) bond motifs is 3. The molecule has 2 aromatic heterocycles. The average molecular weight is 290 g/mol. The minimum atomic E-state index is 0.436. The highest BCUT2D eigenvalue weighted by Crippen LogP contribution is 2.33. The Hall–Kier alpha value is -2.88. The molecule has 0 aliphatic rings. The summed E-state index contributed by atoms with van der Waals surface area (Å²) in [4.78, 5) is 8.55. The van der Waals surface area contributed by atoms with Crippen LogP contribution >= 0.6 is 0 Å². The Labute approximate surface area is 127 Å². The van der Waals surface area contributed by atoms with Gasteiger partial charge in [0.05, 0.1) is 0 Å². The van der Waals surface area contributed by atoms with E-state index in [-0.39, 0.29) is 0 Å². The lowest BCUT2D eigenvalue weighted by atomic mass is 10.1. The summed E-state index contributed by atoms with van der Waals surface area (Å²) in [6.07, 6.45) is 1.50. The van der Waals surface area contributed by atoms with E-state index in [1.165, 1.54) is 6.33 Å². The molecule has 0 saturated heterocycles. The first kappa shape index (κ1) is 12.8. The molecule has 22 heavy (non-hydrogen) atoms. The molecule has 0 amide bonds. The second-order valence-corrected chi connectivity index (χ2v) is 5.38. The lowest BCUT2D eigenvalue weighted by Gasteiger charge is -2.06. The Morgan fingerprint density at radius 3 is 2.55 bits per heavy atom. The molecule has 0 spiro atoms. The van der Waals surface area contributed by atoms with E-state index in [9.17, 15) is 0 Å². The molecule has 4 heteroatoms. The van der Waals surface area contributed by atoms with E-state index in [4.69, 9.17) is 9.15 Å². The predicted octanol–water partition coefficient (Wildman–Crippen LogP) is 4.79. The molecule has 4 rings (SSSR count). The van der Waals surface area contributed by atoms with Crippen molar-refractivity contribution in [3.8, 4) is 11.6 Å². The molecule has 0 bridgehead atoms. The highest BCUT2D eigenvalue weighted by atomic mass is 16.5. The Morgan fingerprint density at radius 1 is 0.955 bits per heavy atom. The van der Waals surface area contributed by atoms with Gasteiger partial charge in [-0.05, 0) is 49.2 Å². The first-order valence-corrected chi connectivity index (χ1v) is 7.09. The van der Waals surface area contributed by atoms with Crippen LogP contribution in [0.1, 0.15) is 11.1 Å². The molecule has 4 nitrogen and oxygen atoms in total. The molecule has 0 N–H and O–H groups in total. The van der Waals surface area contributed by atoms with Crippen LogP contribution in [0.25, 0.3) is 22.1 Å². The van der Waals surface area contributed by atoms with Crippen LogP contribution in [0.4, 0.5) is 0 Å². The number of aromatic nitrogens is 2. The Kier molecular flexibility index (Phi) is 2.82.